The summed E-state index contributed by atoms with van der Waals surface area (Å²) in [7, 11) is 1.58. The second-order valence-electron chi connectivity index (χ2n) is 4.99. The van der Waals surface area contributed by atoms with Crippen molar-refractivity contribution in [2.45, 2.75) is 50.3 Å². The second-order valence-corrected chi connectivity index (χ2v) is 7.56. The molecule has 0 fully saturated rings. The van der Waals surface area contributed by atoms with Gasteiger partial charge in [0.05, 0.1) is 4.90 Å². The monoisotopic (exact) mass is 331 g/mol. The molecule has 0 unspecified atom stereocenters. The highest BCUT2D eigenvalue weighted by Gasteiger charge is 2.08. The number of benzene rings is 1. The van der Waals surface area contributed by atoms with Crippen LogP contribution in [0.15, 0.2) is 29.2 Å². The summed E-state index contributed by atoms with van der Waals surface area (Å²) in [6.45, 7) is 2.69. The Morgan fingerprint density at radius 3 is 2.38 bits per heavy atom. The van der Waals surface area contributed by atoms with Gasteiger partial charge in [-0.2, -0.15) is 0 Å². The zero-order valence-corrected chi connectivity index (χ0v) is 13.8. The number of halogens is 1. The van der Waals surface area contributed by atoms with E-state index in [9.17, 15) is 13.2 Å². The number of unbranched alkanes of at least 4 members (excludes halogenated alkanes) is 3. The summed E-state index contributed by atoms with van der Waals surface area (Å²) in [5, 5.41) is 2.87. The Kier molecular flexibility index (Phi) is 7.75. The Morgan fingerprint density at radius 2 is 1.81 bits per heavy atom. The van der Waals surface area contributed by atoms with Crippen LogP contribution in [0, 0.1) is 0 Å². The minimum atomic E-state index is -3.67. The summed E-state index contributed by atoms with van der Waals surface area (Å²) in [6, 6.07) is 6.37. The SMILES string of the molecule is CCCCCCC(=O)NCCc1ccc(S(=O)(=O)Cl)cc1. The first-order valence-electron chi connectivity index (χ1n) is 7.24. The van der Waals surface area contributed by atoms with Crippen molar-refractivity contribution in [2.24, 2.45) is 0 Å². The molecule has 0 saturated carbocycles. The van der Waals surface area contributed by atoms with Crippen molar-refractivity contribution in [2.75, 3.05) is 6.54 Å². The Morgan fingerprint density at radius 1 is 1.14 bits per heavy atom. The average molecular weight is 332 g/mol. The third-order valence-corrected chi connectivity index (χ3v) is 4.57. The molecule has 21 heavy (non-hydrogen) atoms. The van der Waals surface area contributed by atoms with Crippen LogP contribution in [0.5, 0.6) is 0 Å². The van der Waals surface area contributed by atoms with Gasteiger partial charge >= 0.3 is 0 Å². The van der Waals surface area contributed by atoms with Gasteiger partial charge in [-0.1, -0.05) is 38.3 Å². The molecule has 1 amide bonds. The van der Waals surface area contributed by atoms with E-state index in [1.807, 2.05) is 0 Å². The van der Waals surface area contributed by atoms with E-state index in [4.69, 9.17) is 10.7 Å². The zero-order valence-electron chi connectivity index (χ0n) is 12.3. The standard InChI is InChI=1S/C15H22ClNO3S/c1-2-3-4-5-6-15(18)17-12-11-13-7-9-14(10-8-13)21(16,19)20/h7-10H,2-6,11-12H2,1H3,(H,17,18). The first kappa shape index (κ1) is 18.0. The summed E-state index contributed by atoms with van der Waals surface area (Å²) in [5.74, 6) is 0.0751. The summed E-state index contributed by atoms with van der Waals surface area (Å²) >= 11 is 0. The number of rotatable bonds is 9. The lowest BCUT2D eigenvalue weighted by atomic mass is 10.1. The van der Waals surface area contributed by atoms with Crippen molar-refractivity contribution in [3.8, 4) is 0 Å². The average Bonchev–Trinajstić information content (AvgIpc) is 2.43. The lowest BCUT2D eigenvalue weighted by Crippen LogP contribution is -2.25. The fourth-order valence-electron chi connectivity index (χ4n) is 1.97. The number of amides is 1. The minimum absolute atomic E-state index is 0.0751. The maximum absolute atomic E-state index is 11.6. The van der Waals surface area contributed by atoms with Crippen molar-refractivity contribution < 1.29 is 13.2 Å². The van der Waals surface area contributed by atoms with E-state index in [-0.39, 0.29) is 10.8 Å². The van der Waals surface area contributed by atoms with Crippen LogP contribution < -0.4 is 5.32 Å². The van der Waals surface area contributed by atoms with Crippen molar-refractivity contribution in [3.63, 3.8) is 0 Å². The number of carbonyl (C=O) groups excluding carboxylic acids is 1. The molecule has 0 spiro atoms. The minimum Gasteiger partial charge on any atom is -0.356 e. The number of hydrogen-bond acceptors (Lipinski definition) is 3. The van der Waals surface area contributed by atoms with Gasteiger partial charge in [-0.25, -0.2) is 8.42 Å². The molecule has 0 atom stereocenters. The zero-order chi connectivity index (χ0) is 15.7. The molecule has 0 aliphatic heterocycles. The summed E-state index contributed by atoms with van der Waals surface area (Å²) in [6.07, 6.45) is 5.60. The first-order valence-corrected chi connectivity index (χ1v) is 9.54. The van der Waals surface area contributed by atoms with E-state index < -0.39 is 9.05 Å². The molecule has 0 heterocycles. The fraction of sp³-hybridized carbons (Fsp3) is 0.533. The van der Waals surface area contributed by atoms with Gasteiger partial charge in [0.25, 0.3) is 9.05 Å². The lowest BCUT2D eigenvalue weighted by molar-refractivity contribution is -0.121. The third-order valence-electron chi connectivity index (χ3n) is 3.20. The van der Waals surface area contributed by atoms with Crippen molar-refractivity contribution in [1.29, 1.82) is 0 Å². The Balaban J connectivity index is 2.28. The van der Waals surface area contributed by atoms with E-state index in [2.05, 4.69) is 12.2 Å². The van der Waals surface area contributed by atoms with Gasteiger partial charge in [-0.05, 0) is 30.5 Å². The lowest BCUT2D eigenvalue weighted by Gasteiger charge is -2.06. The number of nitrogens with one attached hydrogen (secondary N) is 1. The molecule has 6 heteroatoms. The fourth-order valence-corrected chi connectivity index (χ4v) is 2.74. The van der Waals surface area contributed by atoms with Gasteiger partial charge in [0, 0.05) is 23.6 Å². The van der Waals surface area contributed by atoms with Crippen LogP contribution in [0.2, 0.25) is 0 Å². The molecule has 0 aliphatic rings. The van der Waals surface area contributed by atoms with E-state index in [1.165, 1.54) is 18.6 Å². The molecule has 118 valence electrons. The molecule has 1 rings (SSSR count). The quantitative estimate of drug-likeness (QED) is 0.558. The topological polar surface area (TPSA) is 63.2 Å². The maximum atomic E-state index is 11.6. The van der Waals surface area contributed by atoms with E-state index >= 15 is 0 Å². The van der Waals surface area contributed by atoms with Crippen LogP contribution >= 0.6 is 10.7 Å². The Bertz CT molecular complexity index is 541. The van der Waals surface area contributed by atoms with Gasteiger partial charge in [0.15, 0.2) is 0 Å². The van der Waals surface area contributed by atoms with Gasteiger partial charge < -0.3 is 5.32 Å². The third kappa shape index (κ3) is 7.48. The van der Waals surface area contributed by atoms with Gasteiger partial charge in [-0.3, -0.25) is 4.79 Å². The predicted octanol–water partition coefficient (Wildman–Crippen LogP) is 3.24. The van der Waals surface area contributed by atoms with Crippen LogP contribution in [0.25, 0.3) is 0 Å². The summed E-state index contributed by atoms with van der Waals surface area (Å²) in [5.41, 5.74) is 0.963. The highest BCUT2D eigenvalue weighted by molar-refractivity contribution is 8.13. The molecular weight excluding hydrogens is 310 g/mol. The largest absolute Gasteiger partial charge is 0.356 e. The van der Waals surface area contributed by atoms with Gasteiger partial charge in [-0.15, -0.1) is 0 Å². The number of hydrogen-bond donors (Lipinski definition) is 1. The van der Waals surface area contributed by atoms with Crippen LogP contribution in [0.3, 0.4) is 0 Å². The smallest absolute Gasteiger partial charge is 0.261 e. The van der Waals surface area contributed by atoms with Crippen LogP contribution in [0.1, 0.15) is 44.6 Å². The van der Waals surface area contributed by atoms with Crippen LogP contribution in [0.4, 0.5) is 0 Å². The molecule has 1 N–H and O–H groups in total. The van der Waals surface area contributed by atoms with Crippen molar-refractivity contribution in [3.05, 3.63) is 29.8 Å². The molecule has 1 aromatic rings. The van der Waals surface area contributed by atoms with E-state index in [1.54, 1.807) is 12.1 Å². The molecule has 0 aromatic heterocycles. The Labute approximate surface area is 131 Å². The predicted molar refractivity (Wildman–Crippen MR) is 85.0 cm³/mol. The molecule has 0 aliphatic carbocycles. The molecular formula is C15H22ClNO3S. The van der Waals surface area contributed by atoms with Crippen LogP contribution in [-0.2, 0) is 20.3 Å². The van der Waals surface area contributed by atoms with Crippen LogP contribution in [-0.4, -0.2) is 20.9 Å². The molecule has 0 radical (unpaired) electrons. The van der Waals surface area contributed by atoms with E-state index in [0.717, 1.165) is 24.8 Å². The molecule has 4 nitrogen and oxygen atoms in total. The van der Waals surface area contributed by atoms with Crippen molar-refractivity contribution in [1.82, 2.24) is 5.32 Å². The van der Waals surface area contributed by atoms with E-state index in [0.29, 0.717) is 19.4 Å². The maximum Gasteiger partial charge on any atom is 0.261 e. The number of carbonyl (C=O) groups is 1. The summed E-state index contributed by atoms with van der Waals surface area (Å²) < 4.78 is 22.2. The highest BCUT2D eigenvalue weighted by atomic mass is 35.7. The summed E-state index contributed by atoms with van der Waals surface area (Å²) in [4.78, 5) is 11.7. The van der Waals surface area contributed by atoms with Crippen molar-refractivity contribution >= 4 is 25.6 Å². The molecule has 0 saturated heterocycles. The highest BCUT2D eigenvalue weighted by Crippen LogP contribution is 2.15. The molecule has 0 bridgehead atoms. The normalized spacial score (nSPS) is 11.3. The van der Waals surface area contributed by atoms with Gasteiger partial charge in [0.1, 0.15) is 0 Å². The second kappa shape index (κ2) is 9.05. The Hall–Kier alpha value is -1.07. The first-order chi connectivity index (χ1) is 9.93. The molecule has 1 aromatic carbocycles. The van der Waals surface area contributed by atoms with Gasteiger partial charge in [0.2, 0.25) is 5.91 Å².